The van der Waals surface area contributed by atoms with Crippen LogP contribution in [0.15, 0.2) is 12.3 Å². The van der Waals surface area contributed by atoms with Crippen molar-refractivity contribution in [3.8, 4) is 5.75 Å². The van der Waals surface area contributed by atoms with Gasteiger partial charge >= 0.3 is 0 Å². The smallest absolute Gasteiger partial charge is 0.152 e. The zero-order chi connectivity index (χ0) is 10.2. The molecule has 0 aromatic carbocycles. The molecule has 1 N–H and O–H groups in total. The third kappa shape index (κ3) is 0.932. The Balaban J connectivity index is 3.29. The second kappa shape index (κ2) is 1.78. The molecule has 0 aliphatic heterocycles. The van der Waals surface area contributed by atoms with Crippen LogP contribution in [-0.2, 0) is 0 Å². The number of hydrogen-bond donors (Lipinski definition) is 1. The summed E-state index contributed by atoms with van der Waals surface area (Å²) in [6, 6.07) is 0. The maximum atomic E-state index is 8.91. The van der Waals surface area contributed by atoms with Crippen molar-refractivity contribution in [3.63, 3.8) is 0 Å². The standard InChI is InChI=1S/C5H6N2O/c1-4-6-2-5(8)3-7-4/h2-3,8H,1H3/i1D3,2D,3D. The van der Waals surface area contributed by atoms with Crippen molar-refractivity contribution in [1.82, 2.24) is 9.97 Å². The average Bonchev–Trinajstić information content (AvgIpc) is 1.97. The van der Waals surface area contributed by atoms with Crippen molar-refractivity contribution in [2.45, 2.75) is 6.85 Å². The van der Waals surface area contributed by atoms with E-state index in [1.807, 2.05) is 0 Å². The molecule has 8 heavy (non-hydrogen) atoms. The first-order chi connectivity index (χ1) is 5.82. The SMILES string of the molecule is [2H]c1nc(C([2H])([2H])[2H])nc([2H])c1O. The van der Waals surface area contributed by atoms with Crippen molar-refractivity contribution in [3.05, 3.63) is 18.2 Å². The van der Waals surface area contributed by atoms with Crippen LogP contribution >= 0.6 is 0 Å². The summed E-state index contributed by atoms with van der Waals surface area (Å²) in [5.41, 5.74) is 0. The van der Waals surface area contributed by atoms with E-state index in [4.69, 9.17) is 12.0 Å². The highest BCUT2D eigenvalue weighted by molar-refractivity contribution is 5.08. The first-order valence-electron chi connectivity index (χ1n) is 4.37. The van der Waals surface area contributed by atoms with Crippen molar-refractivity contribution in [2.24, 2.45) is 0 Å². The molecule has 3 heteroatoms. The highest BCUT2D eigenvalue weighted by Crippen LogP contribution is 1.99. The summed E-state index contributed by atoms with van der Waals surface area (Å²) in [4.78, 5) is 6.46. The monoisotopic (exact) mass is 115 g/mol. The van der Waals surface area contributed by atoms with Gasteiger partial charge in [-0.3, -0.25) is 0 Å². The molecule has 3 nitrogen and oxygen atoms in total. The van der Waals surface area contributed by atoms with Gasteiger partial charge in [0.2, 0.25) is 0 Å². The largest absolute Gasteiger partial charge is 0.505 e. The third-order valence-electron chi connectivity index (χ3n) is 0.535. The predicted molar refractivity (Wildman–Crippen MR) is 28.4 cm³/mol. The highest BCUT2D eigenvalue weighted by Gasteiger charge is 1.84. The Morgan fingerprint density at radius 1 is 1.75 bits per heavy atom. The second-order valence-electron chi connectivity index (χ2n) is 1.12. The van der Waals surface area contributed by atoms with Gasteiger partial charge in [-0.05, 0) is 6.85 Å². The number of aromatic nitrogens is 2. The van der Waals surface area contributed by atoms with Crippen LogP contribution in [-0.4, -0.2) is 15.1 Å². The lowest BCUT2D eigenvalue weighted by atomic mass is 10.6. The molecule has 1 heterocycles. The number of hydrogen-bond acceptors (Lipinski definition) is 3. The molecule has 0 unspecified atom stereocenters. The summed E-state index contributed by atoms with van der Waals surface area (Å²) >= 11 is 0. The van der Waals surface area contributed by atoms with E-state index in [1.54, 1.807) is 0 Å². The average molecular weight is 115 g/mol. The van der Waals surface area contributed by atoms with Gasteiger partial charge < -0.3 is 5.11 Å². The summed E-state index contributed by atoms with van der Waals surface area (Å²) in [5, 5.41) is 8.91. The molecule has 0 bridgehead atoms. The molecule has 0 spiro atoms. The molecule has 1 aromatic heterocycles. The van der Waals surface area contributed by atoms with Crippen LogP contribution in [0.2, 0.25) is 0 Å². The number of nitrogens with zero attached hydrogens (tertiary/aromatic N) is 2. The zero-order valence-electron chi connectivity index (χ0n) is 8.84. The molecule has 1 aromatic rings. The van der Waals surface area contributed by atoms with Crippen LogP contribution in [0.4, 0.5) is 0 Å². The summed E-state index contributed by atoms with van der Waals surface area (Å²) in [6.45, 7) is -2.56. The summed E-state index contributed by atoms with van der Waals surface area (Å²) < 4.78 is 34.7. The van der Waals surface area contributed by atoms with E-state index in [0.717, 1.165) is 0 Å². The Labute approximate surface area is 54.1 Å². The van der Waals surface area contributed by atoms with Gasteiger partial charge in [-0.2, -0.15) is 0 Å². The summed E-state index contributed by atoms with van der Waals surface area (Å²) in [7, 11) is 0. The van der Waals surface area contributed by atoms with Crippen LogP contribution in [0.25, 0.3) is 0 Å². The lowest BCUT2D eigenvalue weighted by Gasteiger charge is -1.87. The highest BCUT2D eigenvalue weighted by atomic mass is 16.3. The van der Waals surface area contributed by atoms with Crippen LogP contribution in [0.5, 0.6) is 5.75 Å². The predicted octanol–water partition coefficient (Wildman–Crippen LogP) is 0.491. The maximum Gasteiger partial charge on any atom is 0.152 e. The van der Waals surface area contributed by atoms with Crippen LogP contribution in [0, 0.1) is 6.85 Å². The summed E-state index contributed by atoms with van der Waals surface area (Å²) in [5.74, 6) is -1.31. The Hall–Kier alpha value is -1.12. The maximum absolute atomic E-state index is 8.91. The first kappa shape index (κ1) is 1.69. The van der Waals surface area contributed by atoms with E-state index in [1.165, 1.54) is 0 Å². The van der Waals surface area contributed by atoms with E-state index >= 15 is 0 Å². The Morgan fingerprint density at radius 3 is 2.88 bits per heavy atom. The van der Waals surface area contributed by atoms with Gasteiger partial charge in [0.05, 0.1) is 15.1 Å². The van der Waals surface area contributed by atoms with Crippen molar-refractivity contribution in [2.75, 3.05) is 0 Å². The van der Waals surface area contributed by atoms with Crippen LogP contribution in [0.3, 0.4) is 0 Å². The van der Waals surface area contributed by atoms with E-state index in [-0.39, 0.29) is 0 Å². The van der Waals surface area contributed by atoms with Crippen molar-refractivity contribution < 1.29 is 12.0 Å². The molecule has 0 fully saturated rings. The minimum absolute atomic E-state index is 0.597. The molecule has 0 radical (unpaired) electrons. The second-order valence-corrected chi connectivity index (χ2v) is 1.12. The fraction of sp³-hybridized carbons (Fsp3) is 0.200. The molecular weight excluding hydrogens is 104 g/mol. The number of aromatic hydroxyl groups is 1. The lowest BCUT2D eigenvalue weighted by molar-refractivity contribution is 0.469. The lowest BCUT2D eigenvalue weighted by Crippen LogP contribution is -1.82. The van der Waals surface area contributed by atoms with Gasteiger partial charge in [0.25, 0.3) is 0 Å². The molecule has 0 saturated heterocycles. The minimum atomic E-state index is -2.56. The molecule has 0 amide bonds. The quantitative estimate of drug-likeness (QED) is 0.535. The topological polar surface area (TPSA) is 46.0 Å². The van der Waals surface area contributed by atoms with E-state index in [9.17, 15) is 0 Å². The molecule has 42 valence electrons. The van der Waals surface area contributed by atoms with Gasteiger partial charge in [0.15, 0.2) is 5.75 Å². The minimum Gasteiger partial charge on any atom is -0.505 e. The normalized spacial score (nSPS) is 19.8. The van der Waals surface area contributed by atoms with E-state index in [0.29, 0.717) is 0 Å². The van der Waals surface area contributed by atoms with Gasteiger partial charge in [0.1, 0.15) is 5.82 Å². The third-order valence-corrected chi connectivity index (χ3v) is 0.535. The molecular formula is C5H6N2O. The van der Waals surface area contributed by atoms with Gasteiger partial charge in [-0.1, -0.05) is 0 Å². The Bertz CT molecular complexity index is 313. The van der Waals surface area contributed by atoms with Gasteiger partial charge in [0, 0.05) is 4.11 Å². The zero-order valence-corrected chi connectivity index (χ0v) is 3.84. The van der Waals surface area contributed by atoms with E-state index < -0.39 is 30.8 Å². The first-order valence-corrected chi connectivity index (χ1v) is 1.87. The van der Waals surface area contributed by atoms with Gasteiger partial charge in [-0.15, -0.1) is 0 Å². The number of rotatable bonds is 0. The molecule has 0 saturated carbocycles. The molecule has 0 aliphatic rings. The fourth-order valence-corrected chi connectivity index (χ4v) is 0.262. The van der Waals surface area contributed by atoms with Crippen LogP contribution in [0.1, 0.15) is 12.7 Å². The Morgan fingerprint density at radius 2 is 2.38 bits per heavy atom. The van der Waals surface area contributed by atoms with Crippen LogP contribution < -0.4 is 0 Å². The molecule has 1 rings (SSSR count). The van der Waals surface area contributed by atoms with Crippen molar-refractivity contribution >= 4 is 0 Å². The van der Waals surface area contributed by atoms with Gasteiger partial charge in [-0.25, -0.2) is 9.97 Å². The van der Waals surface area contributed by atoms with E-state index in [2.05, 4.69) is 9.97 Å². The number of aryl methyl sites for hydroxylation is 1. The summed E-state index contributed by atoms with van der Waals surface area (Å²) in [6.07, 6.45) is -1.29. The molecule has 0 atom stereocenters. The molecule has 0 aliphatic carbocycles. The fourth-order valence-electron chi connectivity index (χ4n) is 0.262. The Kier molecular flexibility index (Phi) is 0.374. The van der Waals surface area contributed by atoms with Crippen molar-refractivity contribution in [1.29, 1.82) is 0 Å².